The maximum Gasteiger partial charge on any atom is 0.341 e. The first kappa shape index (κ1) is 36.4. The molecule has 244 valence electrons. The lowest BCUT2D eigenvalue weighted by molar-refractivity contribution is 0.0515. The summed E-state index contributed by atoms with van der Waals surface area (Å²) in [6.45, 7) is 4.19. The number of nitrogens with zero attached hydrogens (tertiary/aromatic N) is 6. The summed E-state index contributed by atoms with van der Waals surface area (Å²) in [6.07, 6.45) is 17.0. The molecule has 0 unspecified atom stereocenters. The molecule has 13 heteroatoms. The van der Waals surface area contributed by atoms with Crippen LogP contribution < -0.4 is 5.73 Å². The molecule has 4 heterocycles. The molecule has 0 saturated heterocycles. The highest BCUT2D eigenvalue weighted by Gasteiger charge is 2.40. The van der Waals surface area contributed by atoms with E-state index in [9.17, 15) is 9.59 Å². The van der Waals surface area contributed by atoms with Crippen LogP contribution in [0.25, 0.3) is 0 Å². The summed E-state index contributed by atoms with van der Waals surface area (Å²) in [5.41, 5.74) is 8.87. The third kappa shape index (κ3) is 9.72. The van der Waals surface area contributed by atoms with Gasteiger partial charge in [0.2, 0.25) is 5.28 Å². The fourth-order valence-electron chi connectivity index (χ4n) is 4.98. The zero-order valence-corrected chi connectivity index (χ0v) is 27.5. The van der Waals surface area contributed by atoms with Gasteiger partial charge in [-0.2, -0.15) is 0 Å². The van der Waals surface area contributed by atoms with Crippen molar-refractivity contribution in [3.8, 4) is 0 Å². The molecule has 4 aromatic heterocycles. The Bertz CT molecular complexity index is 1510. The highest BCUT2D eigenvalue weighted by molar-refractivity contribution is 6.28. The van der Waals surface area contributed by atoms with Crippen molar-refractivity contribution in [2.24, 2.45) is 5.73 Å². The van der Waals surface area contributed by atoms with Gasteiger partial charge in [0.25, 0.3) is 0 Å². The van der Waals surface area contributed by atoms with Crippen LogP contribution in [0.3, 0.4) is 0 Å². The Morgan fingerprint density at radius 3 is 1.61 bits per heavy atom. The van der Waals surface area contributed by atoms with Gasteiger partial charge in [-0.05, 0) is 81.8 Å². The largest absolute Gasteiger partial charge is 0.462 e. The van der Waals surface area contributed by atoms with Gasteiger partial charge in [-0.15, -0.1) is 12.4 Å². The van der Waals surface area contributed by atoms with E-state index in [0.717, 1.165) is 49.3 Å². The number of aromatic nitrogens is 6. The van der Waals surface area contributed by atoms with Gasteiger partial charge in [0.15, 0.2) is 0 Å². The molecule has 0 aromatic carbocycles. The van der Waals surface area contributed by atoms with Crippen molar-refractivity contribution in [1.29, 1.82) is 0 Å². The van der Waals surface area contributed by atoms with Crippen molar-refractivity contribution >= 4 is 35.9 Å². The molecule has 2 fully saturated rings. The Hall–Kier alpha value is -4.06. The predicted octanol–water partition coefficient (Wildman–Crippen LogP) is 5.86. The Labute approximate surface area is 280 Å². The van der Waals surface area contributed by atoms with Gasteiger partial charge >= 0.3 is 11.9 Å². The summed E-state index contributed by atoms with van der Waals surface area (Å²) in [6, 6.07) is 12.0. The Balaban J connectivity index is 0.000000203. The molecule has 0 amide bonds. The highest BCUT2D eigenvalue weighted by Crippen LogP contribution is 2.44. The van der Waals surface area contributed by atoms with E-state index in [1.807, 2.05) is 42.7 Å². The number of nitrogens with two attached hydrogens (primary N) is 1. The summed E-state index contributed by atoms with van der Waals surface area (Å²) in [5, 5.41) is 0.114. The van der Waals surface area contributed by atoms with E-state index < -0.39 is 5.97 Å². The van der Waals surface area contributed by atoms with Gasteiger partial charge in [0.05, 0.1) is 35.6 Å². The second kappa shape index (κ2) is 17.6. The molecule has 6 rings (SSSR count). The Kier molecular flexibility index (Phi) is 13.9. The quantitative estimate of drug-likeness (QED) is 0.177. The number of pyridine rings is 2. The van der Waals surface area contributed by atoms with E-state index in [-0.39, 0.29) is 34.6 Å². The third-order valence-corrected chi connectivity index (χ3v) is 7.98. The molecule has 2 saturated carbocycles. The first-order chi connectivity index (χ1) is 21.8. The van der Waals surface area contributed by atoms with E-state index in [4.69, 9.17) is 26.8 Å². The van der Waals surface area contributed by atoms with Gasteiger partial charge in [-0.25, -0.2) is 29.5 Å². The van der Waals surface area contributed by atoms with Crippen molar-refractivity contribution in [1.82, 2.24) is 29.9 Å². The van der Waals surface area contributed by atoms with Gasteiger partial charge < -0.3 is 15.2 Å². The van der Waals surface area contributed by atoms with Crippen LogP contribution in [0.1, 0.15) is 90.3 Å². The number of carbonyl (C=O) groups is 2. The first-order valence-electron chi connectivity index (χ1n) is 15.0. The highest BCUT2D eigenvalue weighted by atomic mass is 35.5. The van der Waals surface area contributed by atoms with Crippen LogP contribution in [0.4, 0.5) is 0 Å². The molecule has 2 aliphatic carbocycles. The third-order valence-electron chi connectivity index (χ3n) is 7.78. The van der Waals surface area contributed by atoms with Crippen LogP contribution in [0.15, 0.2) is 73.6 Å². The van der Waals surface area contributed by atoms with Crippen LogP contribution >= 0.6 is 24.0 Å². The van der Waals surface area contributed by atoms with Crippen molar-refractivity contribution in [2.45, 2.75) is 69.7 Å². The molecule has 0 bridgehead atoms. The Morgan fingerprint density at radius 2 is 1.22 bits per heavy atom. The van der Waals surface area contributed by atoms with Crippen LogP contribution in [0.2, 0.25) is 5.28 Å². The van der Waals surface area contributed by atoms with Gasteiger partial charge in [-0.1, -0.05) is 18.6 Å². The van der Waals surface area contributed by atoms with Gasteiger partial charge in [-0.3, -0.25) is 9.97 Å². The van der Waals surface area contributed by atoms with Gasteiger partial charge in [0.1, 0.15) is 5.82 Å². The normalized spacial score (nSPS) is 15.0. The molecule has 46 heavy (non-hydrogen) atoms. The van der Waals surface area contributed by atoms with Crippen molar-refractivity contribution in [3.63, 3.8) is 0 Å². The average molecular weight is 669 g/mol. The number of hydrogen-bond donors (Lipinski definition) is 1. The van der Waals surface area contributed by atoms with E-state index in [2.05, 4.69) is 36.0 Å². The average Bonchev–Trinajstić information content (AvgIpc) is 3.04. The lowest BCUT2D eigenvalue weighted by Gasteiger charge is -2.41. The first-order valence-corrected chi connectivity index (χ1v) is 15.4. The molecule has 0 atom stereocenters. The topological polar surface area (TPSA) is 156 Å². The van der Waals surface area contributed by atoms with Crippen LogP contribution in [0.5, 0.6) is 0 Å². The van der Waals surface area contributed by atoms with E-state index in [1.54, 1.807) is 26.2 Å². The minimum absolute atomic E-state index is 0. The fourth-order valence-corrected chi connectivity index (χ4v) is 5.07. The van der Waals surface area contributed by atoms with Crippen molar-refractivity contribution < 1.29 is 19.1 Å². The molecule has 0 aliphatic heterocycles. The zero-order chi connectivity index (χ0) is 32.1. The van der Waals surface area contributed by atoms with E-state index >= 15 is 0 Å². The minimum Gasteiger partial charge on any atom is -0.462 e. The Morgan fingerprint density at radius 1 is 0.739 bits per heavy atom. The van der Waals surface area contributed by atoms with Gasteiger partial charge in [0, 0.05) is 54.7 Å². The SMILES string of the molecule is CCOC(=O)c1cnc(CC2(c3ccccn3)CCC2)nc1.CCOC(=O)c1cnc(Cl)nc1.Cl.NC1(c2ccccn2)CCC1. The molecule has 4 aromatic rings. The van der Waals surface area contributed by atoms with E-state index in [1.165, 1.54) is 25.2 Å². The summed E-state index contributed by atoms with van der Waals surface area (Å²) in [7, 11) is 0. The number of esters is 2. The van der Waals surface area contributed by atoms with Crippen LogP contribution in [0, 0.1) is 0 Å². The fraction of sp³-hybridized carbons (Fsp3) is 0.394. The number of ether oxygens (including phenoxy) is 2. The molecular formula is C33H39Cl2N7O4. The second-order valence-electron chi connectivity index (χ2n) is 10.8. The summed E-state index contributed by atoms with van der Waals surface area (Å²) >= 11 is 5.42. The van der Waals surface area contributed by atoms with Crippen LogP contribution in [-0.4, -0.2) is 55.1 Å². The number of rotatable bonds is 8. The smallest absolute Gasteiger partial charge is 0.341 e. The number of carbonyl (C=O) groups excluding carboxylic acids is 2. The predicted molar refractivity (Wildman–Crippen MR) is 176 cm³/mol. The minimum atomic E-state index is -0.436. The number of halogens is 2. The molecule has 0 radical (unpaired) electrons. The summed E-state index contributed by atoms with van der Waals surface area (Å²) in [4.78, 5) is 47.3. The summed E-state index contributed by atoms with van der Waals surface area (Å²) < 4.78 is 9.65. The molecule has 2 N–H and O–H groups in total. The lowest BCUT2D eigenvalue weighted by Crippen LogP contribution is -2.43. The number of hydrogen-bond acceptors (Lipinski definition) is 11. The zero-order valence-electron chi connectivity index (χ0n) is 26.0. The standard InChI is InChI=1S/C17H19N3O2.C9H12N2.C7H7ClN2O2.ClH/c1-2-22-16(21)13-11-19-15(20-12-13)10-17(7-5-8-17)14-6-3-4-9-18-14;10-9(5-3-6-9)8-4-1-2-7-11-8;1-2-12-6(11)5-3-9-7(8)10-4-5;/h3-4,6,9,11-12H,2,5,7-8,10H2,1H3;1-2,4,7H,3,5-6,10H2;3-4H,2H2,1H3;1H. The van der Waals surface area contributed by atoms with Crippen molar-refractivity contribution in [2.75, 3.05) is 13.2 Å². The molecule has 2 aliphatic rings. The maximum absolute atomic E-state index is 11.6. The van der Waals surface area contributed by atoms with E-state index in [0.29, 0.717) is 24.3 Å². The van der Waals surface area contributed by atoms with Crippen LogP contribution in [-0.2, 0) is 26.8 Å². The molecule has 11 nitrogen and oxygen atoms in total. The van der Waals surface area contributed by atoms with Crippen molar-refractivity contribution in [3.05, 3.63) is 107 Å². The monoisotopic (exact) mass is 667 g/mol. The summed E-state index contributed by atoms with van der Waals surface area (Å²) in [5.74, 6) is -0.0651. The lowest BCUT2D eigenvalue weighted by atomic mass is 9.64. The molecule has 0 spiro atoms. The molecular weight excluding hydrogens is 629 g/mol. The second-order valence-corrected chi connectivity index (χ2v) is 11.2. The maximum atomic E-state index is 11.6.